The number of pyridine rings is 1. The molecule has 0 bridgehead atoms. The van der Waals surface area contributed by atoms with E-state index < -0.39 is 11.9 Å². The second-order valence-electron chi connectivity index (χ2n) is 6.00. The highest BCUT2D eigenvalue weighted by atomic mass is 35.5. The molecule has 0 aliphatic rings. The van der Waals surface area contributed by atoms with Gasteiger partial charge in [0.1, 0.15) is 12.4 Å². The van der Waals surface area contributed by atoms with Crippen LogP contribution in [-0.4, -0.2) is 14.8 Å². The summed E-state index contributed by atoms with van der Waals surface area (Å²) >= 11 is 6.16. The van der Waals surface area contributed by atoms with Gasteiger partial charge in [0, 0.05) is 11.6 Å². The summed E-state index contributed by atoms with van der Waals surface area (Å²) in [6.45, 7) is -0.123. The summed E-state index contributed by atoms with van der Waals surface area (Å²) in [6.07, 6.45) is -2.92. The van der Waals surface area contributed by atoms with E-state index >= 15 is 0 Å². The Morgan fingerprint density at radius 2 is 1.82 bits per heavy atom. The molecule has 4 aromatic rings. The Morgan fingerprint density at radius 1 is 1.00 bits per heavy atom. The zero-order valence-electron chi connectivity index (χ0n) is 14.3. The first-order chi connectivity index (χ1) is 13.4. The van der Waals surface area contributed by atoms with Crippen molar-refractivity contribution in [3.05, 3.63) is 83.3 Å². The maximum absolute atomic E-state index is 13.2. The van der Waals surface area contributed by atoms with Crippen LogP contribution in [0.15, 0.2) is 66.9 Å². The summed E-state index contributed by atoms with van der Waals surface area (Å²) in [5, 5.41) is 4.76. The Morgan fingerprint density at radius 3 is 2.61 bits per heavy atom. The van der Waals surface area contributed by atoms with Gasteiger partial charge in [0.15, 0.2) is 5.69 Å². The third kappa shape index (κ3) is 3.53. The lowest BCUT2D eigenvalue weighted by atomic mass is 10.2. The van der Waals surface area contributed by atoms with Gasteiger partial charge in [-0.25, -0.2) is 4.68 Å². The van der Waals surface area contributed by atoms with E-state index in [1.165, 1.54) is 0 Å². The fourth-order valence-corrected chi connectivity index (χ4v) is 3.06. The van der Waals surface area contributed by atoms with Gasteiger partial charge in [-0.05, 0) is 42.5 Å². The van der Waals surface area contributed by atoms with Crippen molar-refractivity contribution in [3.63, 3.8) is 0 Å². The van der Waals surface area contributed by atoms with Crippen molar-refractivity contribution in [2.24, 2.45) is 0 Å². The van der Waals surface area contributed by atoms with Gasteiger partial charge in [-0.3, -0.25) is 4.98 Å². The second kappa shape index (κ2) is 7.16. The van der Waals surface area contributed by atoms with E-state index in [1.807, 2.05) is 12.1 Å². The van der Waals surface area contributed by atoms with Gasteiger partial charge < -0.3 is 4.74 Å². The van der Waals surface area contributed by atoms with Crippen LogP contribution in [0.1, 0.15) is 11.4 Å². The molecule has 0 saturated heterocycles. The molecule has 142 valence electrons. The monoisotopic (exact) mass is 403 g/mol. The minimum Gasteiger partial charge on any atom is -0.487 e. The number of benzene rings is 2. The van der Waals surface area contributed by atoms with Crippen molar-refractivity contribution < 1.29 is 17.9 Å². The largest absolute Gasteiger partial charge is 0.487 e. The SMILES string of the molecule is FC(F)(F)c1cc(COc2cccc3ncccc23)n(-c2ccccc2Cl)n1. The number of ether oxygens (including phenoxy) is 1. The third-order valence-electron chi connectivity index (χ3n) is 4.14. The lowest BCUT2D eigenvalue weighted by Gasteiger charge is -2.11. The molecule has 2 aromatic heterocycles. The Kier molecular flexibility index (Phi) is 4.68. The predicted octanol–water partition coefficient (Wildman–Crippen LogP) is 5.67. The van der Waals surface area contributed by atoms with E-state index in [1.54, 1.807) is 48.7 Å². The highest BCUT2D eigenvalue weighted by molar-refractivity contribution is 6.32. The van der Waals surface area contributed by atoms with E-state index in [0.717, 1.165) is 21.7 Å². The smallest absolute Gasteiger partial charge is 0.435 e. The number of nitrogens with zero attached hydrogens (tertiary/aromatic N) is 3. The number of fused-ring (bicyclic) bond motifs is 1. The van der Waals surface area contributed by atoms with Crippen LogP contribution in [0.5, 0.6) is 5.75 Å². The molecule has 2 aromatic carbocycles. The van der Waals surface area contributed by atoms with Gasteiger partial charge in [0.25, 0.3) is 0 Å². The molecule has 2 heterocycles. The Balaban J connectivity index is 1.72. The highest BCUT2D eigenvalue weighted by Crippen LogP contribution is 2.32. The fourth-order valence-electron chi connectivity index (χ4n) is 2.85. The van der Waals surface area contributed by atoms with Crippen molar-refractivity contribution in [2.75, 3.05) is 0 Å². The van der Waals surface area contributed by atoms with Crippen LogP contribution in [0.25, 0.3) is 16.6 Å². The maximum atomic E-state index is 13.2. The molecule has 0 aliphatic carbocycles. The Labute approximate surface area is 163 Å². The number of para-hydroxylation sites is 1. The van der Waals surface area contributed by atoms with Gasteiger partial charge in [-0.15, -0.1) is 0 Å². The molecule has 0 atom stereocenters. The predicted molar refractivity (Wildman–Crippen MR) is 99.7 cm³/mol. The van der Waals surface area contributed by atoms with Crippen LogP contribution >= 0.6 is 11.6 Å². The standard InChI is InChI=1S/C20H13ClF3N3O/c21-15-6-1-2-8-17(15)27-13(11-19(26-27)20(22,23)24)12-28-18-9-3-7-16-14(18)5-4-10-25-16/h1-11H,12H2. The number of rotatable bonds is 4. The van der Waals surface area contributed by atoms with E-state index in [9.17, 15) is 13.2 Å². The normalized spacial score (nSPS) is 11.7. The Bertz CT molecular complexity index is 1140. The minimum absolute atomic E-state index is 0.123. The first-order valence-electron chi connectivity index (χ1n) is 8.31. The van der Waals surface area contributed by atoms with Gasteiger partial charge >= 0.3 is 6.18 Å². The molecule has 0 fully saturated rings. The molecule has 0 saturated carbocycles. The summed E-state index contributed by atoms with van der Waals surface area (Å²) in [5.74, 6) is 0.520. The molecule has 28 heavy (non-hydrogen) atoms. The zero-order valence-corrected chi connectivity index (χ0v) is 15.1. The molecule has 0 aliphatic heterocycles. The number of alkyl halides is 3. The average Bonchev–Trinajstić information content (AvgIpc) is 3.11. The molecule has 0 spiro atoms. The maximum Gasteiger partial charge on any atom is 0.435 e. The lowest BCUT2D eigenvalue weighted by molar-refractivity contribution is -0.141. The number of hydrogen-bond donors (Lipinski definition) is 0. The van der Waals surface area contributed by atoms with Crippen LogP contribution < -0.4 is 4.74 Å². The topological polar surface area (TPSA) is 39.9 Å². The van der Waals surface area contributed by atoms with Crippen LogP contribution in [0.3, 0.4) is 0 Å². The molecule has 0 N–H and O–H groups in total. The molecule has 0 radical (unpaired) electrons. The summed E-state index contributed by atoms with van der Waals surface area (Å²) in [7, 11) is 0. The molecule has 4 nitrogen and oxygen atoms in total. The summed E-state index contributed by atoms with van der Waals surface area (Å²) < 4.78 is 46.6. The molecule has 0 amide bonds. The number of aromatic nitrogens is 3. The average molecular weight is 404 g/mol. The number of hydrogen-bond acceptors (Lipinski definition) is 3. The summed E-state index contributed by atoms with van der Waals surface area (Å²) in [5.41, 5.74) is 0.292. The van der Waals surface area contributed by atoms with Crippen molar-refractivity contribution >= 4 is 22.5 Å². The first-order valence-corrected chi connectivity index (χ1v) is 8.69. The summed E-state index contributed by atoms with van der Waals surface area (Å²) in [6, 6.07) is 16.5. The summed E-state index contributed by atoms with van der Waals surface area (Å²) in [4.78, 5) is 4.25. The van der Waals surface area contributed by atoms with Crippen LogP contribution in [-0.2, 0) is 12.8 Å². The van der Waals surface area contributed by atoms with Gasteiger partial charge in [0.2, 0.25) is 0 Å². The molecule has 8 heteroatoms. The van der Waals surface area contributed by atoms with Crippen LogP contribution in [0, 0.1) is 0 Å². The lowest BCUT2D eigenvalue weighted by Crippen LogP contribution is -2.08. The van der Waals surface area contributed by atoms with Gasteiger partial charge in [-0.1, -0.05) is 29.8 Å². The van der Waals surface area contributed by atoms with E-state index in [2.05, 4.69) is 10.1 Å². The van der Waals surface area contributed by atoms with E-state index in [0.29, 0.717) is 11.4 Å². The van der Waals surface area contributed by atoms with E-state index in [4.69, 9.17) is 16.3 Å². The Hall–Kier alpha value is -3.06. The third-order valence-corrected chi connectivity index (χ3v) is 4.46. The van der Waals surface area contributed by atoms with Crippen molar-refractivity contribution in [1.82, 2.24) is 14.8 Å². The fraction of sp³-hybridized carbons (Fsp3) is 0.100. The zero-order chi connectivity index (χ0) is 19.7. The van der Waals surface area contributed by atoms with Crippen molar-refractivity contribution in [1.29, 1.82) is 0 Å². The first kappa shape index (κ1) is 18.3. The second-order valence-corrected chi connectivity index (χ2v) is 6.40. The molecular formula is C20H13ClF3N3O. The molecule has 0 unspecified atom stereocenters. The highest BCUT2D eigenvalue weighted by Gasteiger charge is 2.35. The molecule has 4 rings (SSSR count). The molecular weight excluding hydrogens is 391 g/mol. The quantitative estimate of drug-likeness (QED) is 0.440. The van der Waals surface area contributed by atoms with Crippen LogP contribution in [0.2, 0.25) is 5.02 Å². The number of halogens is 4. The van der Waals surface area contributed by atoms with Crippen molar-refractivity contribution in [2.45, 2.75) is 12.8 Å². The van der Waals surface area contributed by atoms with E-state index in [-0.39, 0.29) is 17.3 Å². The van der Waals surface area contributed by atoms with Crippen molar-refractivity contribution in [3.8, 4) is 11.4 Å². The van der Waals surface area contributed by atoms with Crippen LogP contribution in [0.4, 0.5) is 13.2 Å². The van der Waals surface area contributed by atoms with Gasteiger partial charge in [0.05, 0.1) is 21.9 Å². The minimum atomic E-state index is -4.58. The van der Waals surface area contributed by atoms with Gasteiger partial charge in [-0.2, -0.15) is 18.3 Å².